The molecule has 1 atom stereocenters. The molecule has 0 amide bonds. The second-order valence-electron chi connectivity index (χ2n) is 7.17. The van der Waals surface area contributed by atoms with Crippen molar-refractivity contribution < 1.29 is 13.5 Å². The van der Waals surface area contributed by atoms with Gasteiger partial charge < -0.3 is 14.6 Å². The highest BCUT2D eigenvalue weighted by Crippen LogP contribution is 2.30. The summed E-state index contributed by atoms with van der Waals surface area (Å²) in [5.74, 6) is -0.394. The van der Waals surface area contributed by atoms with Crippen LogP contribution in [0.15, 0.2) is 24.4 Å². The van der Waals surface area contributed by atoms with Crippen molar-refractivity contribution in [2.24, 2.45) is 0 Å². The highest BCUT2D eigenvalue weighted by Gasteiger charge is 2.33. The van der Waals surface area contributed by atoms with E-state index in [0.29, 0.717) is 23.9 Å². The Balaban J connectivity index is 1.56. The Hall–Kier alpha value is -1.83. The molecule has 3 heterocycles. The topological polar surface area (TPSA) is 44.4 Å². The van der Waals surface area contributed by atoms with Crippen LogP contribution in [0.2, 0.25) is 0 Å². The van der Waals surface area contributed by atoms with Crippen LogP contribution in [0.1, 0.15) is 24.7 Å². The molecule has 2 aliphatic heterocycles. The lowest BCUT2D eigenvalue weighted by Gasteiger charge is -2.43. The second-order valence-corrected chi connectivity index (χ2v) is 7.17. The molecule has 1 aromatic carbocycles. The van der Waals surface area contributed by atoms with Gasteiger partial charge in [-0.15, -0.1) is 0 Å². The number of hydrogen-bond acceptors (Lipinski definition) is 4. The second kappa shape index (κ2) is 7.42. The van der Waals surface area contributed by atoms with Gasteiger partial charge in [-0.2, -0.15) is 0 Å². The number of imidazole rings is 1. The molecule has 0 spiro atoms. The van der Waals surface area contributed by atoms with E-state index in [1.807, 2.05) is 0 Å². The minimum absolute atomic E-state index is 0.0365. The van der Waals surface area contributed by atoms with Gasteiger partial charge in [0, 0.05) is 24.2 Å². The minimum atomic E-state index is -0.590. The zero-order valence-corrected chi connectivity index (χ0v) is 14.9. The Labute approximate surface area is 152 Å². The molecule has 0 unspecified atom stereocenters. The molecule has 0 radical (unpaired) electrons. The maximum atomic E-state index is 14.1. The van der Waals surface area contributed by atoms with E-state index in [-0.39, 0.29) is 6.04 Å². The molecule has 2 aromatic rings. The summed E-state index contributed by atoms with van der Waals surface area (Å²) in [6, 6.07) is 4.14. The Bertz CT molecular complexity index is 758. The molecule has 140 valence electrons. The number of benzene rings is 1. The Morgan fingerprint density at radius 2 is 2.00 bits per heavy atom. The van der Waals surface area contributed by atoms with E-state index in [0.717, 1.165) is 51.0 Å². The summed E-state index contributed by atoms with van der Waals surface area (Å²) in [5.41, 5.74) is 0.888. The van der Waals surface area contributed by atoms with E-state index >= 15 is 0 Å². The molecule has 7 heteroatoms. The van der Waals surface area contributed by atoms with Crippen LogP contribution in [0.3, 0.4) is 0 Å². The van der Waals surface area contributed by atoms with Crippen LogP contribution in [0, 0.1) is 11.6 Å². The predicted octanol–water partition coefficient (Wildman–Crippen LogP) is 2.82. The summed E-state index contributed by atoms with van der Waals surface area (Å²) in [4.78, 5) is 12.6. The van der Waals surface area contributed by atoms with Crippen molar-refractivity contribution in [2.75, 3.05) is 39.9 Å². The van der Waals surface area contributed by atoms with E-state index in [1.54, 1.807) is 6.20 Å². The zero-order valence-electron chi connectivity index (χ0n) is 14.9. The van der Waals surface area contributed by atoms with E-state index in [1.165, 1.54) is 12.1 Å². The van der Waals surface area contributed by atoms with Crippen molar-refractivity contribution in [1.29, 1.82) is 0 Å². The smallest absolute Gasteiger partial charge is 0.135 e. The lowest BCUT2D eigenvalue weighted by Crippen LogP contribution is -2.50. The van der Waals surface area contributed by atoms with Crippen LogP contribution in [0.5, 0.6) is 0 Å². The molecule has 5 nitrogen and oxygen atoms in total. The average molecular weight is 362 g/mol. The molecule has 0 bridgehead atoms. The fraction of sp³-hybridized carbons (Fsp3) is 0.526. The molecule has 2 aliphatic rings. The lowest BCUT2D eigenvalue weighted by atomic mass is 10.0. The van der Waals surface area contributed by atoms with E-state index in [4.69, 9.17) is 4.74 Å². The monoisotopic (exact) mass is 362 g/mol. The first kappa shape index (κ1) is 17.6. The van der Waals surface area contributed by atoms with Crippen LogP contribution in [0.25, 0.3) is 11.3 Å². The molecular weight excluding hydrogens is 338 g/mol. The van der Waals surface area contributed by atoms with Gasteiger partial charge in [-0.3, -0.25) is 4.90 Å². The van der Waals surface area contributed by atoms with Gasteiger partial charge in [0.1, 0.15) is 17.5 Å². The third-order valence-electron chi connectivity index (χ3n) is 5.46. The van der Waals surface area contributed by atoms with Gasteiger partial charge in [0.2, 0.25) is 0 Å². The number of halogens is 2. The van der Waals surface area contributed by atoms with Crippen molar-refractivity contribution in [1.82, 2.24) is 19.8 Å². The summed E-state index contributed by atoms with van der Waals surface area (Å²) >= 11 is 0. The maximum absolute atomic E-state index is 14.1. The van der Waals surface area contributed by atoms with Crippen LogP contribution in [-0.2, 0) is 4.74 Å². The van der Waals surface area contributed by atoms with Gasteiger partial charge in [0.05, 0.1) is 31.1 Å². The third kappa shape index (κ3) is 3.51. The average Bonchev–Trinajstić information content (AvgIpc) is 3.12. The van der Waals surface area contributed by atoms with Gasteiger partial charge in [-0.05, 0) is 45.1 Å². The first-order chi connectivity index (χ1) is 12.6. The first-order valence-corrected chi connectivity index (χ1v) is 9.14. The summed E-state index contributed by atoms with van der Waals surface area (Å²) in [5, 5.41) is 0. The summed E-state index contributed by atoms with van der Waals surface area (Å²) < 4.78 is 32.9. The molecule has 0 aliphatic carbocycles. The maximum Gasteiger partial charge on any atom is 0.135 e. The minimum Gasteiger partial charge on any atom is -0.378 e. The molecule has 2 fully saturated rings. The molecule has 2 saturated heterocycles. The fourth-order valence-electron chi connectivity index (χ4n) is 3.97. The van der Waals surface area contributed by atoms with Crippen molar-refractivity contribution >= 4 is 0 Å². The number of morpholine rings is 1. The number of ether oxygens (including phenoxy) is 1. The molecule has 4 rings (SSSR count). The van der Waals surface area contributed by atoms with E-state index in [9.17, 15) is 8.78 Å². The number of likely N-dealkylation sites (tertiary alicyclic amines) is 1. The van der Waals surface area contributed by atoms with Crippen LogP contribution >= 0.6 is 0 Å². The first-order valence-electron chi connectivity index (χ1n) is 9.14. The zero-order chi connectivity index (χ0) is 18.1. The van der Waals surface area contributed by atoms with Crippen LogP contribution < -0.4 is 0 Å². The van der Waals surface area contributed by atoms with Gasteiger partial charge in [0.25, 0.3) is 0 Å². The summed E-state index contributed by atoms with van der Waals surface area (Å²) in [7, 11) is 2.16. The van der Waals surface area contributed by atoms with Gasteiger partial charge in [-0.25, -0.2) is 13.8 Å². The number of rotatable bonds is 3. The number of piperidine rings is 1. The summed E-state index contributed by atoms with van der Waals surface area (Å²) in [6.45, 7) is 4.37. The van der Waals surface area contributed by atoms with Crippen molar-refractivity contribution in [3.8, 4) is 11.3 Å². The van der Waals surface area contributed by atoms with Gasteiger partial charge >= 0.3 is 0 Å². The quantitative estimate of drug-likeness (QED) is 0.912. The third-order valence-corrected chi connectivity index (χ3v) is 5.46. The SMILES string of the molecule is CN1CCC(N2CCOC[C@H]2c2ncc(-c3ccc(F)cc3F)[nH]2)CC1. The van der Waals surface area contributed by atoms with E-state index in [2.05, 4.69) is 26.8 Å². The predicted molar refractivity (Wildman–Crippen MR) is 94.7 cm³/mol. The summed E-state index contributed by atoms with van der Waals surface area (Å²) in [6.07, 6.45) is 3.88. The molecule has 26 heavy (non-hydrogen) atoms. The molecule has 1 aromatic heterocycles. The number of nitrogens with one attached hydrogen (secondary N) is 1. The van der Waals surface area contributed by atoms with Crippen LogP contribution in [0.4, 0.5) is 8.78 Å². The Morgan fingerprint density at radius 3 is 2.77 bits per heavy atom. The standard InChI is InChI=1S/C19H24F2N4O/c1-24-6-4-14(5-7-24)25-8-9-26-12-18(25)19-22-11-17(23-19)15-3-2-13(20)10-16(15)21/h2-3,10-11,14,18H,4-9,12H2,1H3,(H,22,23)/t18-/m0/s1. The normalized spacial score (nSPS) is 23.4. The van der Waals surface area contributed by atoms with Crippen molar-refractivity contribution in [3.05, 3.63) is 41.9 Å². The number of H-pyrrole nitrogens is 1. The van der Waals surface area contributed by atoms with Gasteiger partial charge in [-0.1, -0.05) is 0 Å². The Kier molecular flexibility index (Phi) is 5.02. The highest BCUT2D eigenvalue weighted by molar-refractivity contribution is 5.59. The van der Waals surface area contributed by atoms with E-state index < -0.39 is 11.6 Å². The lowest BCUT2D eigenvalue weighted by molar-refractivity contribution is -0.0441. The molecule has 0 saturated carbocycles. The molecular formula is C19H24F2N4O. The Morgan fingerprint density at radius 1 is 1.19 bits per heavy atom. The number of aromatic amines is 1. The van der Waals surface area contributed by atoms with Crippen LogP contribution in [-0.4, -0.2) is 65.7 Å². The van der Waals surface area contributed by atoms with Crippen molar-refractivity contribution in [3.63, 3.8) is 0 Å². The molecule has 1 N–H and O–H groups in total. The number of aromatic nitrogens is 2. The van der Waals surface area contributed by atoms with Crippen molar-refractivity contribution in [2.45, 2.75) is 24.9 Å². The van der Waals surface area contributed by atoms with Gasteiger partial charge in [0.15, 0.2) is 0 Å². The number of nitrogens with zero attached hydrogens (tertiary/aromatic N) is 3. The highest BCUT2D eigenvalue weighted by atomic mass is 19.1. The number of hydrogen-bond donors (Lipinski definition) is 1. The fourth-order valence-corrected chi connectivity index (χ4v) is 3.97. The largest absolute Gasteiger partial charge is 0.378 e.